The minimum atomic E-state index is -3.44. The average Bonchev–Trinajstić information content (AvgIpc) is 2.38. The lowest BCUT2D eigenvalue weighted by Gasteiger charge is -2.15. The molecule has 0 fully saturated rings. The summed E-state index contributed by atoms with van der Waals surface area (Å²) < 4.78 is 27.9. The normalized spacial score (nSPS) is 13.3. The maximum Gasteiger partial charge on any atom is 0.236 e. The van der Waals surface area contributed by atoms with Crippen molar-refractivity contribution in [3.05, 3.63) is 34.9 Å². The highest BCUT2D eigenvalue weighted by Gasteiger charge is 2.20. The Kier molecular flexibility index (Phi) is 4.62. The van der Waals surface area contributed by atoms with E-state index in [1.165, 1.54) is 0 Å². The highest BCUT2D eigenvalue weighted by Crippen LogP contribution is 2.25. The van der Waals surface area contributed by atoms with Crippen LogP contribution in [0.4, 0.5) is 5.69 Å². The van der Waals surface area contributed by atoms with Gasteiger partial charge in [0, 0.05) is 22.6 Å². The molecule has 1 unspecified atom stereocenters. The number of pyridine rings is 1. The van der Waals surface area contributed by atoms with Gasteiger partial charge in [0.15, 0.2) is 0 Å². The molecule has 0 aliphatic rings. The molecule has 7 heteroatoms. The third kappa shape index (κ3) is 3.28. The van der Waals surface area contributed by atoms with Gasteiger partial charge in [0.25, 0.3) is 0 Å². The van der Waals surface area contributed by atoms with E-state index in [0.717, 1.165) is 9.86 Å². The van der Waals surface area contributed by atoms with E-state index >= 15 is 0 Å². The van der Waals surface area contributed by atoms with E-state index in [4.69, 9.17) is 0 Å². The minimum absolute atomic E-state index is 0.388. The van der Waals surface area contributed by atoms with Gasteiger partial charge in [0.05, 0.1) is 16.5 Å². The second-order valence-corrected chi connectivity index (χ2v) is 7.56. The summed E-state index contributed by atoms with van der Waals surface area (Å²) in [5, 5.41) is 3.21. The number of hydrogen-bond donors (Lipinski definition) is 2. The average molecular weight is 358 g/mol. The van der Waals surface area contributed by atoms with E-state index in [1.807, 2.05) is 12.1 Å². The van der Waals surface area contributed by atoms with E-state index in [2.05, 4.69) is 31.0 Å². The first-order chi connectivity index (χ1) is 9.44. The van der Waals surface area contributed by atoms with Crippen molar-refractivity contribution >= 4 is 42.5 Å². The summed E-state index contributed by atoms with van der Waals surface area (Å²) >= 11 is 3.35. The maximum atomic E-state index is 12.2. The highest BCUT2D eigenvalue weighted by atomic mass is 79.9. The fourth-order valence-corrected chi connectivity index (χ4v) is 3.27. The van der Waals surface area contributed by atoms with Gasteiger partial charge in [0.1, 0.15) is 0 Å². The number of rotatable bonds is 5. The fourth-order valence-electron chi connectivity index (χ4n) is 1.87. The molecular weight excluding hydrogens is 342 g/mol. The number of halogens is 1. The van der Waals surface area contributed by atoms with E-state index in [9.17, 15) is 8.42 Å². The molecule has 0 aliphatic heterocycles. The highest BCUT2D eigenvalue weighted by molar-refractivity contribution is 9.10. The third-order valence-electron chi connectivity index (χ3n) is 2.95. The monoisotopic (exact) mass is 357 g/mol. The summed E-state index contributed by atoms with van der Waals surface area (Å²) in [5.74, 6) is 0. The molecule has 0 amide bonds. The number of nitrogens with one attached hydrogen (secondary N) is 2. The van der Waals surface area contributed by atoms with Crippen molar-refractivity contribution in [3.63, 3.8) is 0 Å². The number of hydrogen-bond acceptors (Lipinski definition) is 4. The molecule has 1 heterocycles. The summed E-state index contributed by atoms with van der Waals surface area (Å²) in [6, 6.07) is 7.31. The maximum absolute atomic E-state index is 12.2. The first kappa shape index (κ1) is 15.2. The molecule has 0 spiro atoms. The van der Waals surface area contributed by atoms with Crippen LogP contribution >= 0.6 is 15.9 Å². The number of aromatic nitrogens is 1. The lowest BCUT2D eigenvalue weighted by Crippen LogP contribution is -2.33. The standard InChI is InChI=1S/C13H16BrN3O2S/c1-9(7-15-2)20(18,19)17-12-5-3-4-10-6-11(14)8-16-13(10)12/h3-6,8-9,15,17H,7H2,1-2H3. The van der Waals surface area contributed by atoms with Crippen molar-refractivity contribution < 1.29 is 8.42 Å². The Morgan fingerprint density at radius 1 is 1.40 bits per heavy atom. The third-order valence-corrected chi connectivity index (χ3v) is 5.12. The number of sulfonamides is 1. The molecule has 1 aromatic heterocycles. The lowest BCUT2D eigenvalue weighted by atomic mass is 10.2. The topological polar surface area (TPSA) is 71.1 Å². The molecule has 0 aliphatic carbocycles. The number of fused-ring (bicyclic) bond motifs is 1. The minimum Gasteiger partial charge on any atom is -0.318 e. The van der Waals surface area contributed by atoms with Crippen molar-refractivity contribution in [1.29, 1.82) is 0 Å². The molecule has 2 rings (SSSR count). The van der Waals surface area contributed by atoms with Crippen molar-refractivity contribution in [2.75, 3.05) is 18.3 Å². The summed E-state index contributed by atoms with van der Waals surface area (Å²) in [5.41, 5.74) is 1.13. The number of para-hydroxylation sites is 1. The molecular formula is C13H16BrN3O2S. The largest absolute Gasteiger partial charge is 0.318 e. The summed E-state index contributed by atoms with van der Waals surface area (Å²) in [7, 11) is -1.72. The number of benzene rings is 1. The molecule has 20 heavy (non-hydrogen) atoms. The molecule has 2 aromatic rings. The van der Waals surface area contributed by atoms with Crippen LogP contribution in [0.15, 0.2) is 34.9 Å². The van der Waals surface area contributed by atoms with Crippen LogP contribution < -0.4 is 10.0 Å². The second kappa shape index (κ2) is 6.07. The summed E-state index contributed by atoms with van der Waals surface area (Å²) in [6.45, 7) is 2.05. The van der Waals surface area contributed by atoms with Crippen LogP contribution in [-0.2, 0) is 10.0 Å². The predicted octanol–water partition coefficient (Wildman–Crippen LogP) is 2.35. The van der Waals surface area contributed by atoms with E-state index < -0.39 is 15.3 Å². The molecule has 0 bridgehead atoms. The molecule has 1 aromatic carbocycles. The molecule has 5 nitrogen and oxygen atoms in total. The van der Waals surface area contributed by atoms with E-state index in [-0.39, 0.29) is 0 Å². The van der Waals surface area contributed by atoms with Crippen LogP contribution in [0.25, 0.3) is 10.9 Å². The molecule has 2 N–H and O–H groups in total. The summed E-state index contributed by atoms with van der Waals surface area (Å²) in [6.07, 6.45) is 1.65. The quantitative estimate of drug-likeness (QED) is 0.861. The van der Waals surface area contributed by atoms with E-state index in [0.29, 0.717) is 17.7 Å². The predicted molar refractivity (Wildman–Crippen MR) is 85.4 cm³/mol. The number of anilines is 1. The zero-order valence-corrected chi connectivity index (χ0v) is 13.6. The molecule has 1 atom stereocenters. The van der Waals surface area contributed by atoms with Gasteiger partial charge >= 0.3 is 0 Å². The van der Waals surface area contributed by atoms with Gasteiger partial charge in [-0.15, -0.1) is 0 Å². The Morgan fingerprint density at radius 3 is 2.85 bits per heavy atom. The van der Waals surface area contributed by atoms with Crippen LogP contribution in [0.5, 0.6) is 0 Å². The van der Waals surface area contributed by atoms with Crippen LogP contribution in [0, 0.1) is 0 Å². The smallest absolute Gasteiger partial charge is 0.236 e. The SMILES string of the molecule is CNCC(C)S(=O)(=O)Nc1cccc2cc(Br)cnc12. The Labute approximate surface area is 127 Å². The second-order valence-electron chi connectivity index (χ2n) is 4.55. The van der Waals surface area contributed by atoms with Gasteiger partial charge in [-0.05, 0) is 42.0 Å². The van der Waals surface area contributed by atoms with Gasteiger partial charge in [-0.3, -0.25) is 9.71 Å². The Hall–Kier alpha value is -1.18. The molecule has 108 valence electrons. The van der Waals surface area contributed by atoms with Crippen LogP contribution in [-0.4, -0.2) is 32.2 Å². The van der Waals surface area contributed by atoms with Crippen LogP contribution in [0.1, 0.15) is 6.92 Å². The molecule has 0 radical (unpaired) electrons. The van der Waals surface area contributed by atoms with Crippen molar-refractivity contribution in [2.24, 2.45) is 0 Å². The first-order valence-corrected chi connectivity index (χ1v) is 8.48. The zero-order valence-electron chi connectivity index (χ0n) is 11.2. The zero-order chi connectivity index (χ0) is 14.8. The first-order valence-electron chi connectivity index (χ1n) is 6.14. The van der Waals surface area contributed by atoms with Gasteiger partial charge in [-0.25, -0.2) is 8.42 Å². The Bertz CT molecular complexity index is 719. The van der Waals surface area contributed by atoms with Gasteiger partial charge < -0.3 is 5.32 Å². The Balaban J connectivity index is 2.39. The van der Waals surface area contributed by atoms with Gasteiger partial charge in [-0.2, -0.15) is 0 Å². The van der Waals surface area contributed by atoms with Crippen molar-refractivity contribution in [2.45, 2.75) is 12.2 Å². The van der Waals surface area contributed by atoms with E-state index in [1.54, 1.807) is 32.3 Å². The Morgan fingerprint density at radius 2 is 2.15 bits per heavy atom. The number of nitrogens with zero attached hydrogens (tertiary/aromatic N) is 1. The molecule has 0 saturated heterocycles. The van der Waals surface area contributed by atoms with Crippen molar-refractivity contribution in [3.8, 4) is 0 Å². The summed E-state index contributed by atoms with van der Waals surface area (Å²) in [4.78, 5) is 4.28. The lowest BCUT2D eigenvalue weighted by molar-refractivity contribution is 0.584. The fraction of sp³-hybridized carbons (Fsp3) is 0.308. The van der Waals surface area contributed by atoms with Crippen molar-refractivity contribution in [1.82, 2.24) is 10.3 Å². The van der Waals surface area contributed by atoms with Crippen LogP contribution in [0.3, 0.4) is 0 Å². The molecule has 0 saturated carbocycles. The van der Waals surface area contributed by atoms with Gasteiger partial charge in [-0.1, -0.05) is 12.1 Å². The van der Waals surface area contributed by atoms with Gasteiger partial charge in [0.2, 0.25) is 10.0 Å². The van der Waals surface area contributed by atoms with Crippen LogP contribution in [0.2, 0.25) is 0 Å².